The number of carbonyl (C=O) groups is 2. The van der Waals surface area contributed by atoms with E-state index in [1.54, 1.807) is 4.90 Å². The number of benzene rings is 2. The van der Waals surface area contributed by atoms with E-state index in [-0.39, 0.29) is 11.9 Å². The van der Waals surface area contributed by atoms with Crippen LogP contribution in [0.15, 0.2) is 84.1 Å². The molecule has 3 aliphatic rings. The van der Waals surface area contributed by atoms with Crippen LogP contribution in [0.25, 0.3) is 0 Å². The number of nitrogens with zero attached hydrogens (tertiary/aromatic N) is 1. The lowest BCUT2D eigenvalue weighted by molar-refractivity contribution is -0.158. The minimum Gasteiger partial charge on any atom is -0.451 e. The van der Waals surface area contributed by atoms with Crippen molar-refractivity contribution in [3.05, 3.63) is 95.2 Å². The first-order chi connectivity index (χ1) is 15.7. The quantitative estimate of drug-likeness (QED) is 0.587. The Labute approximate surface area is 189 Å². The third-order valence-corrected chi connectivity index (χ3v) is 6.93. The van der Waals surface area contributed by atoms with Gasteiger partial charge in [-0.25, -0.2) is 4.79 Å². The van der Waals surface area contributed by atoms with Crippen LogP contribution in [0.4, 0.5) is 0 Å². The molecule has 0 spiro atoms. The minimum absolute atomic E-state index is 0.0629. The molecule has 2 atom stereocenters. The molecule has 1 aliphatic carbocycles. The summed E-state index contributed by atoms with van der Waals surface area (Å²) in [6, 6.07) is 19.1. The standard InChI is InChI=1S/C28H29NO3/c30-26-19-18-20-10-7-8-15-23(20)24-16-9-17-25(29(24)26)28(31)32-27(21-11-3-1-4-12-21)22-13-5-2-6-14-22/h1-6,8,11-15,20,25,27H,7,9-10,16-19H2. The Hall–Kier alpha value is -3.14. The van der Waals surface area contributed by atoms with Crippen LogP contribution in [0.3, 0.4) is 0 Å². The number of hydrogen-bond donors (Lipinski definition) is 0. The molecule has 32 heavy (non-hydrogen) atoms. The molecule has 2 aromatic rings. The van der Waals surface area contributed by atoms with Gasteiger partial charge in [0.1, 0.15) is 6.04 Å². The third-order valence-electron chi connectivity index (χ3n) is 6.93. The van der Waals surface area contributed by atoms with Crippen molar-refractivity contribution in [2.45, 2.75) is 57.1 Å². The van der Waals surface area contributed by atoms with E-state index in [4.69, 9.17) is 4.74 Å². The van der Waals surface area contributed by atoms with E-state index >= 15 is 0 Å². The van der Waals surface area contributed by atoms with Crippen molar-refractivity contribution in [3.8, 4) is 0 Å². The average molecular weight is 428 g/mol. The van der Waals surface area contributed by atoms with Crippen LogP contribution in [-0.2, 0) is 14.3 Å². The normalized spacial score (nSPS) is 22.9. The van der Waals surface area contributed by atoms with Crippen LogP contribution >= 0.6 is 0 Å². The second-order valence-electron chi connectivity index (χ2n) is 8.93. The Kier molecular flexibility index (Phi) is 5.93. The van der Waals surface area contributed by atoms with Crippen molar-refractivity contribution in [1.82, 2.24) is 4.90 Å². The molecule has 164 valence electrons. The number of fused-ring (bicyclic) bond motifs is 2. The Morgan fingerprint density at radius 3 is 2.28 bits per heavy atom. The highest BCUT2D eigenvalue weighted by molar-refractivity contribution is 5.87. The summed E-state index contributed by atoms with van der Waals surface area (Å²) in [7, 11) is 0. The van der Waals surface area contributed by atoms with E-state index in [0.717, 1.165) is 48.9 Å². The predicted molar refractivity (Wildman–Crippen MR) is 123 cm³/mol. The summed E-state index contributed by atoms with van der Waals surface area (Å²) in [5, 5.41) is 0. The second kappa shape index (κ2) is 9.15. The molecule has 1 fully saturated rings. The van der Waals surface area contributed by atoms with Gasteiger partial charge < -0.3 is 9.64 Å². The zero-order valence-electron chi connectivity index (χ0n) is 18.3. The van der Waals surface area contributed by atoms with Crippen LogP contribution in [-0.4, -0.2) is 22.8 Å². The molecular formula is C28H29NO3. The molecular weight excluding hydrogens is 398 g/mol. The molecule has 1 amide bonds. The van der Waals surface area contributed by atoms with Crippen LogP contribution in [0.1, 0.15) is 62.2 Å². The highest BCUT2D eigenvalue weighted by atomic mass is 16.5. The lowest BCUT2D eigenvalue weighted by Crippen LogP contribution is -2.47. The fourth-order valence-corrected chi connectivity index (χ4v) is 5.36. The first-order valence-corrected chi connectivity index (χ1v) is 11.7. The molecule has 0 aromatic heterocycles. The highest BCUT2D eigenvalue weighted by Gasteiger charge is 2.41. The summed E-state index contributed by atoms with van der Waals surface area (Å²) in [6.07, 6.45) is 9.82. The van der Waals surface area contributed by atoms with Gasteiger partial charge in [-0.1, -0.05) is 72.8 Å². The SMILES string of the molecule is O=C(OC(c1ccccc1)c1ccccc1)C1CCCC2=C3C=CCCC3CCC(=O)N21. The fourth-order valence-electron chi connectivity index (χ4n) is 5.36. The van der Waals surface area contributed by atoms with Gasteiger partial charge in [-0.3, -0.25) is 4.79 Å². The lowest BCUT2D eigenvalue weighted by Gasteiger charge is -2.38. The molecule has 2 aliphatic heterocycles. The van der Waals surface area contributed by atoms with Gasteiger partial charge in [0.2, 0.25) is 5.91 Å². The molecule has 0 bridgehead atoms. The predicted octanol–water partition coefficient (Wildman–Crippen LogP) is 5.71. The van der Waals surface area contributed by atoms with Crippen molar-refractivity contribution >= 4 is 11.9 Å². The monoisotopic (exact) mass is 427 g/mol. The fraction of sp³-hybridized carbons (Fsp3) is 0.357. The number of hydrogen-bond acceptors (Lipinski definition) is 3. The Morgan fingerprint density at radius 1 is 0.906 bits per heavy atom. The summed E-state index contributed by atoms with van der Waals surface area (Å²) >= 11 is 0. The van der Waals surface area contributed by atoms with Crippen LogP contribution < -0.4 is 0 Å². The highest BCUT2D eigenvalue weighted by Crippen LogP contribution is 2.41. The lowest BCUT2D eigenvalue weighted by atomic mass is 9.84. The van der Waals surface area contributed by atoms with Gasteiger partial charge in [0.15, 0.2) is 6.10 Å². The van der Waals surface area contributed by atoms with Gasteiger partial charge in [-0.15, -0.1) is 0 Å². The van der Waals surface area contributed by atoms with E-state index in [9.17, 15) is 9.59 Å². The van der Waals surface area contributed by atoms with Crippen LogP contribution in [0.5, 0.6) is 0 Å². The van der Waals surface area contributed by atoms with E-state index < -0.39 is 12.1 Å². The van der Waals surface area contributed by atoms with Gasteiger partial charge in [0, 0.05) is 12.1 Å². The number of carbonyl (C=O) groups excluding carboxylic acids is 2. The molecule has 2 aromatic carbocycles. The van der Waals surface area contributed by atoms with Crippen molar-refractivity contribution < 1.29 is 14.3 Å². The van der Waals surface area contributed by atoms with Gasteiger partial charge in [-0.05, 0) is 61.1 Å². The molecule has 0 saturated carbocycles. The zero-order valence-corrected chi connectivity index (χ0v) is 18.3. The van der Waals surface area contributed by atoms with E-state index in [2.05, 4.69) is 12.2 Å². The van der Waals surface area contributed by atoms with Crippen LogP contribution in [0.2, 0.25) is 0 Å². The molecule has 4 heteroatoms. The van der Waals surface area contributed by atoms with Gasteiger partial charge in [0.25, 0.3) is 0 Å². The number of piperidine rings is 1. The second-order valence-corrected chi connectivity index (χ2v) is 8.93. The summed E-state index contributed by atoms with van der Waals surface area (Å²) in [5.41, 5.74) is 4.18. The molecule has 1 saturated heterocycles. The molecule has 0 radical (unpaired) electrons. The summed E-state index contributed by atoms with van der Waals surface area (Å²) in [5.74, 6) is 0.181. The maximum Gasteiger partial charge on any atom is 0.330 e. The number of esters is 1. The zero-order chi connectivity index (χ0) is 21.9. The third kappa shape index (κ3) is 4.02. The van der Waals surface area contributed by atoms with E-state index in [0.29, 0.717) is 18.8 Å². The number of allylic oxidation sites excluding steroid dienone is 4. The van der Waals surface area contributed by atoms with Gasteiger partial charge in [0.05, 0.1) is 0 Å². The first kappa shape index (κ1) is 20.7. The van der Waals surface area contributed by atoms with E-state index in [1.165, 1.54) is 5.57 Å². The summed E-state index contributed by atoms with van der Waals surface area (Å²) in [4.78, 5) is 28.6. The number of rotatable bonds is 4. The van der Waals surface area contributed by atoms with E-state index in [1.807, 2.05) is 60.7 Å². The summed E-state index contributed by atoms with van der Waals surface area (Å²) in [6.45, 7) is 0. The van der Waals surface area contributed by atoms with Crippen molar-refractivity contribution in [2.24, 2.45) is 5.92 Å². The minimum atomic E-state index is -0.553. The molecule has 5 rings (SSSR count). The average Bonchev–Trinajstić information content (AvgIpc) is 3.00. The Morgan fingerprint density at radius 2 is 1.59 bits per heavy atom. The Balaban J connectivity index is 1.47. The molecule has 2 heterocycles. The molecule has 2 unspecified atom stereocenters. The smallest absolute Gasteiger partial charge is 0.330 e. The van der Waals surface area contributed by atoms with Crippen molar-refractivity contribution in [3.63, 3.8) is 0 Å². The van der Waals surface area contributed by atoms with Crippen LogP contribution in [0, 0.1) is 5.92 Å². The van der Waals surface area contributed by atoms with Crippen molar-refractivity contribution in [2.75, 3.05) is 0 Å². The summed E-state index contributed by atoms with van der Waals surface area (Å²) < 4.78 is 6.16. The first-order valence-electron chi connectivity index (χ1n) is 11.7. The number of amides is 1. The maximum absolute atomic E-state index is 13.6. The molecule has 0 N–H and O–H groups in total. The number of ether oxygens (including phenoxy) is 1. The molecule has 4 nitrogen and oxygen atoms in total. The van der Waals surface area contributed by atoms with Crippen molar-refractivity contribution in [1.29, 1.82) is 0 Å². The topological polar surface area (TPSA) is 46.6 Å². The maximum atomic E-state index is 13.6. The Bertz CT molecular complexity index is 1000. The largest absolute Gasteiger partial charge is 0.451 e. The van der Waals surface area contributed by atoms with Gasteiger partial charge in [-0.2, -0.15) is 0 Å². The van der Waals surface area contributed by atoms with Gasteiger partial charge >= 0.3 is 5.97 Å².